The monoisotopic (exact) mass is 363 g/mol. The smallest absolute Gasteiger partial charge is 0.241 e. The van der Waals surface area contributed by atoms with Crippen LogP contribution in [0.1, 0.15) is 39.7 Å². The van der Waals surface area contributed by atoms with E-state index >= 15 is 0 Å². The fraction of sp³-hybridized carbons (Fsp3) is 0.533. The first kappa shape index (κ1) is 21.9. The zero-order valence-electron chi connectivity index (χ0n) is 13.9. The first-order chi connectivity index (χ1) is 10.0. The first-order valence-electron chi connectivity index (χ1n) is 7.15. The lowest BCUT2D eigenvalue weighted by Gasteiger charge is -2.21. The Morgan fingerprint density at radius 3 is 2.35 bits per heavy atom. The van der Waals surface area contributed by atoms with Gasteiger partial charge in [-0.25, -0.2) is 13.1 Å². The lowest BCUT2D eigenvalue weighted by Crippen LogP contribution is -2.41. The molecule has 1 amide bonds. The van der Waals surface area contributed by atoms with E-state index in [9.17, 15) is 13.2 Å². The molecule has 0 bridgehead atoms. The van der Waals surface area contributed by atoms with Gasteiger partial charge in [0.15, 0.2) is 0 Å². The second kappa shape index (κ2) is 8.63. The number of halogens is 1. The Hall–Kier alpha value is -1.15. The van der Waals surface area contributed by atoms with Crippen LogP contribution in [0.5, 0.6) is 0 Å². The van der Waals surface area contributed by atoms with Gasteiger partial charge in [-0.2, -0.15) is 0 Å². The van der Waals surface area contributed by atoms with Gasteiger partial charge < -0.3 is 11.1 Å². The van der Waals surface area contributed by atoms with Crippen LogP contribution in [0, 0.1) is 0 Å². The lowest BCUT2D eigenvalue weighted by atomic mass is 10.1. The SMILES string of the molecule is CC(N)CC(=O)NCc1ccccc1S(=O)(=O)NC(C)(C)C.Cl. The van der Waals surface area contributed by atoms with Crippen molar-refractivity contribution in [3.63, 3.8) is 0 Å². The summed E-state index contributed by atoms with van der Waals surface area (Å²) in [7, 11) is -3.65. The number of sulfonamides is 1. The number of nitrogens with one attached hydrogen (secondary N) is 2. The van der Waals surface area contributed by atoms with Crippen LogP contribution in [0.4, 0.5) is 0 Å². The summed E-state index contributed by atoms with van der Waals surface area (Å²) in [6.07, 6.45) is 0.204. The molecule has 1 aromatic rings. The third-order valence-corrected chi connectivity index (χ3v) is 4.54. The van der Waals surface area contributed by atoms with E-state index in [0.717, 1.165) is 0 Å². The molecule has 23 heavy (non-hydrogen) atoms. The van der Waals surface area contributed by atoms with Gasteiger partial charge in [-0.1, -0.05) is 18.2 Å². The van der Waals surface area contributed by atoms with Crippen molar-refractivity contribution in [1.82, 2.24) is 10.0 Å². The molecule has 0 aliphatic carbocycles. The van der Waals surface area contributed by atoms with E-state index in [4.69, 9.17) is 5.73 Å². The van der Waals surface area contributed by atoms with Gasteiger partial charge in [-0.15, -0.1) is 12.4 Å². The summed E-state index contributed by atoms with van der Waals surface area (Å²) in [5.74, 6) is -0.203. The summed E-state index contributed by atoms with van der Waals surface area (Å²) in [6, 6.07) is 6.37. The number of hydrogen-bond acceptors (Lipinski definition) is 4. The molecule has 1 atom stereocenters. The number of nitrogens with two attached hydrogens (primary N) is 1. The normalized spacial score (nSPS) is 13.1. The molecule has 1 rings (SSSR count). The molecule has 132 valence electrons. The quantitative estimate of drug-likeness (QED) is 0.713. The second-order valence-corrected chi connectivity index (χ2v) is 8.07. The van der Waals surface area contributed by atoms with E-state index in [2.05, 4.69) is 10.0 Å². The number of amides is 1. The second-order valence-electron chi connectivity index (χ2n) is 6.42. The average molecular weight is 364 g/mol. The molecule has 0 heterocycles. The maximum absolute atomic E-state index is 12.4. The van der Waals surface area contributed by atoms with Crippen molar-refractivity contribution in [2.75, 3.05) is 0 Å². The van der Waals surface area contributed by atoms with Crippen LogP contribution in [0.15, 0.2) is 29.2 Å². The Morgan fingerprint density at radius 2 is 1.83 bits per heavy atom. The van der Waals surface area contributed by atoms with Crippen LogP contribution >= 0.6 is 12.4 Å². The molecule has 0 saturated carbocycles. The predicted octanol–water partition coefficient (Wildman–Crippen LogP) is 1.54. The highest BCUT2D eigenvalue weighted by Crippen LogP contribution is 2.17. The summed E-state index contributed by atoms with van der Waals surface area (Å²) in [4.78, 5) is 11.8. The third-order valence-electron chi connectivity index (χ3n) is 2.69. The molecule has 0 saturated heterocycles. The van der Waals surface area contributed by atoms with E-state index in [-0.39, 0.29) is 42.2 Å². The highest BCUT2D eigenvalue weighted by Gasteiger charge is 2.24. The number of rotatable bonds is 6. The van der Waals surface area contributed by atoms with E-state index in [1.54, 1.807) is 45.9 Å². The van der Waals surface area contributed by atoms with Crippen LogP contribution in [0.3, 0.4) is 0 Å². The summed E-state index contributed by atoms with van der Waals surface area (Å²) < 4.78 is 27.5. The fourth-order valence-electron chi connectivity index (χ4n) is 1.93. The minimum atomic E-state index is -3.65. The standard InChI is InChI=1S/C15H25N3O3S.ClH/c1-11(16)9-14(19)17-10-12-7-5-6-8-13(12)22(20,21)18-15(2,3)4;/h5-8,11,18H,9-10,16H2,1-4H3,(H,17,19);1H. The van der Waals surface area contributed by atoms with Crippen molar-refractivity contribution in [1.29, 1.82) is 0 Å². The first-order valence-corrected chi connectivity index (χ1v) is 8.64. The van der Waals surface area contributed by atoms with Crippen LogP contribution < -0.4 is 15.8 Å². The summed E-state index contributed by atoms with van der Waals surface area (Å²) in [5.41, 5.74) is 5.52. The summed E-state index contributed by atoms with van der Waals surface area (Å²) in [6.45, 7) is 7.21. The Labute approximate surface area is 144 Å². The van der Waals surface area contributed by atoms with Gasteiger partial charge in [0.2, 0.25) is 15.9 Å². The van der Waals surface area contributed by atoms with Gasteiger partial charge in [0.1, 0.15) is 0 Å². The molecular formula is C15H26ClN3O3S. The van der Waals surface area contributed by atoms with Crippen molar-refractivity contribution in [3.8, 4) is 0 Å². The average Bonchev–Trinajstić information content (AvgIpc) is 2.33. The fourth-order valence-corrected chi connectivity index (χ4v) is 3.59. The largest absolute Gasteiger partial charge is 0.352 e. The van der Waals surface area contributed by atoms with Crippen molar-refractivity contribution < 1.29 is 13.2 Å². The van der Waals surface area contributed by atoms with Crippen LogP contribution in [0.2, 0.25) is 0 Å². The van der Waals surface area contributed by atoms with Gasteiger partial charge in [0.05, 0.1) is 4.90 Å². The third kappa shape index (κ3) is 7.78. The van der Waals surface area contributed by atoms with Crippen molar-refractivity contribution in [2.24, 2.45) is 5.73 Å². The molecular weight excluding hydrogens is 338 g/mol. The van der Waals surface area contributed by atoms with Crippen LogP contribution in [-0.2, 0) is 21.4 Å². The van der Waals surface area contributed by atoms with Gasteiger partial charge in [-0.05, 0) is 39.3 Å². The molecule has 0 radical (unpaired) electrons. The molecule has 0 fully saturated rings. The summed E-state index contributed by atoms with van der Waals surface area (Å²) >= 11 is 0. The summed E-state index contributed by atoms with van der Waals surface area (Å²) in [5, 5.41) is 2.69. The van der Waals surface area contributed by atoms with Crippen LogP contribution in [-0.4, -0.2) is 25.9 Å². The van der Waals surface area contributed by atoms with E-state index < -0.39 is 15.6 Å². The molecule has 8 heteroatoms. The number of hydrogen-bond donors (Lipinski definition) is 3. The van der Waals surface area contributed by atoms with E-state index in [1.807, 2.05) is 0 Å². The van der Waals surface area contributed by atoms with Crippen molar-refractivity contribution in [2.45, 2.75) is 57.1 Å². The molecule has 0 spiro atoms. The number of benzene rings is 1. The highest BCUT2D eigenvalue weighted by atomic mass is 35.5. The highest BCUT2D eigenvalue weighted by molar-refractivity contribution is 7.89. The zero-order valence-corrected chi connectivity index (χ0v) is 15.6. The Kier molecular flexibility index (Phi) is 8.20. The van der Waals surface area contributed by atoms with E-state index in [0.29, 0.717) is 5.56 Å². The molecule has 0 aromatic heterocycles. The Balaban J connectivity index is 0.00000484. The minimum Gasteiger partial charge on any atom is -0.352 e. The van der Waals surface area contributed by atoms with Gasteiger partial charge in [-0.3, -0.25) is 4.79 Å². The number of carbonyl (C=O) groups is 1. The predicted molar refractivity (Wildman–Crippen MR) is 93.9 cm³/mol. The maximum Gasteiger partial charge on any atom is 0.241 e. The lowest BCUT2D eigenvalue weighted by molar-refractivity contribution is -0.121. The molecule has 4 N–H and O–H groups in total. The van der Waals surface area contributed by atoms with Gasteiger partial charge in [0.25, 0.3) is 0 Å². The van der Waals surface area contributed by atoms with E-state index in [1.165, 1.54) is 6.07 Å². The van der Waals surface area contributed by atoms with Crippen molar-refractivity contribution in [3.05, 3.63) is 29.8 Å². The molecule has 1 aromatic carbocycles. The number of carbonyl (C=O) groups excluding carboxylic acids is 1. The maximum atomic E-state index is 12.4. The van der Waals surface area contributed by atoms with Gasteiger partial charge in [0, 0.05) is 24.5 Å². The minimum absolute atomic E-state index is 0. The van der Waals surface area contributed by atoms with Gasteiger partial charge >= 0.3 is 0 Å². The molecule has 0 aliphatic rings. The Morgan fingerprint density at radius 1 is 1.26 bits per heavy atom. The zero-order chi connectivity index (χ0) is 17.0. The Bertz CT molecular complexity index is 625. The topological polar surface area (TPSA) is 101 Å². The molecule has 6 nitrogen and oxygen atoms in total. The van der Waals surface area contributed by atoms with Crippen LogP contribution in [0.25, 0.3) is 0 Å². The molecule has 0 aliphatic heterocycles. The molecule has 1 unspecified atom stereocenters. The van der Waals surface area contributed by atoms with Crippen molar-refractivity contribution >= 4 is 28.3 Å².